The van der Waals surface area contributed by atoms with Crippen LogP contribution in [0.5, 0.6) is 0 Å². The summed E-state index contributed by atoms with van der Waals surface area (Å²) in [4.78, 5) is 20.7. The molecule has 0 amide bonds. The Kier molecular flexibility index (Phi) is 5.85. The number of hydrogen-bond acceptors (Lipinski definition) is 6. The van der Waals surface area contributed by atoms with Gasteiger partial charge in [-0.05, 0) is 43.8 Å². The maximum atomic E-state index is 12.4. The standard InChI is InChI=1S/C16H21N5O/c1-2-18-9-5-11-19-14-8-3-7-13(21-14)15(22)12-6-4-10-20-16(12)17/h3-4,6-8,10,18H,2,5,9,11H2,1H3,(H2,17,20)(H,19,21). The summed E-state index contributed by atoms with van der Waals surface area (Å²) in [5, 5.41) is 6.47. The van der Waals surface area contributed by atoms with Gasteiger partial charge in [0.2, 0.25) is 5.78 Å². The number of nitrogens with one attached hydrogen (secondary N) is 2. The average Bonchev–Trinajstić information content (AvgIpc) is 2.55. The highest BCUT2D eigenvalue weighted by atomic mass is 16.1. The molecule has 0 radical (unpaired) electrons. The fourth-order valence-corrected chi connectivity index (χ4v) is 2.01. The third-order valence-electron chi connectivity index (χ3n) is 3.15. The van der Waals surface area contributed by atoms with Gasteiger partial charge in [-0.25, -0.2) is 9.97 Å². The number of nitrogens with two attached hydrogens (primary N) is 1. The second-order valence-electron chi connectivity index (χ2n) is 4.81. The normalized spacial score (nSPS) is 10.4. The number of anilines is 2. The minimum Gasteiger partial charge on any atom is -0.383 e. The van der Waals surface area contributed by atoms with Crippen molar-refractivity contribution in [2.45, 2.75) is 13.3 Å². The second-order valence-corrected chi connectivity index (χ2v) is 4.81. The van der Waals surface area contributed by atoms with Crippen molar-refractivity contribution in [2.24, 2.45) is 0 Å². The quantitative estimate of drug-likeness (QED) is 0.507. The zero-order valence-electron chi connectivity index (χ0n) is 12.7. The van der Waals surface area contributed by atoms with E-state index in [9.17, 15) is 4.79 Å². The summed E-state index contributed by atoms with van der Waals surface area (Å²) < 4.78 is 0. The summed E-state index contributed by atoms with van der Waals surface area (Å²) in [7, 11) is 0. The molecule has 2 aromatic heterocycles. The number of carbonyl (C=O) groups excluding carboxylic acids is 1. The lowest BCUT2D eigenvalue weighted by Crippen LogP contribution is -2.17. The molecule has 0 atom stereocenters. The zero-order valence-corrected chi connectivity index (χ0v) is 12.7. The van der Waals surface area contributed by atoms with Crippen LogP contribution in [0.25, 0.3) is 0 Å². The molecule has 0 aliphatic carbocycles. The van der Waals surface area contributed by atoms with Gasteiger partial charge in [0.05, 0.1) is 5.56 Å². The van der Waals surface area contributed by atoms with E-state index in [2.05, 4.69) is 27.5 Å². The van der Waals surface area contributed by atoms with Crippen LogP contribution >= 0.6 is 0 Å². The second kappa shape index (κ2) is 8.09. The molecule has 0 saturated carbocycles. The van der Waals surface area contributed by atoms with Crippen LogP contribution in [0.4, 0.5) is 11.6 Å². The Balaban J connectivity index is 2.02. The average molecular weight is 299 g/mol. The molecule has 2 aromatic rings. The van der Waals surface area contributed by atoms with Crippen LogP contribution < -0.4 is 16.4 Å². The van der Waals surface area contributed by atoms with Crippen LogP contribution in [0, 0.1) is 0 Å². The van der Waals surface area contributed by atoms with Gasteiger partial charge in [-0.2, -0.15) is 0 Å². The SMILES string of the molecule is CCNCCCNc1cccc(C(=O)c2cccnc2N)n1. The fraction of sp³-hybridized carbons (Fsp3) is 0.312. The first-order valence-corrected chi connectivity index (χ1v) is 7.39. The van der Waals surface area contributed by atoms with Crippen molar-refractivity contribution in [3.63, 3.8) is 0 Å². The molecule has 0 bridgehead atoms. The molecule has 0 aliphatic heterocycles. The van der Waals surface area contributed by atoms with Gasteiger partial charge in [-0.3, -0.25) is 4.79 Å². The van der Waals surface area contributed by atoms with Crippen LogP contribution in [-0.4, -0.2) is 35.4 Å². The Morgan fingerprint density at radius 3 is 2.86 bits per heavy atom. The predicted octanol–water partition coefficient (Wildman–Crippen LogP) is 1.70. The van der Waals surface area contributed by atoms with Gasteiger partial charge in [0.25, 0.3) is 0 Å². The molecule has 0 fully saturated rings. The van der Waals surface area contributed by atoms with Crippen molar-refractivity contribution in [2.75, 3.05) is 30.7 Å². The first-order valence-electron chi connectivity index (χ1n) is 7.39. The third kappa shape index (κ3) is 4.26. The lowest BCUT2D eigenvalue weighted by Gasteiger charge is -2.08. The van der Waals surface area contributed by atoms with Crippen molar-refractivity contribution in [1.29, 1.82) is 0 Å². The molecule has 0 aromatic carbocycles. The summed E-state index contributed by atoms with van der Waals surface area (Å²) in [6, 6.07) is 8.67. The molecule has 0 unspecified atom stereocenters. The third-order valence-corrected chi connectivity index (χ3v) is 3.15. The maximum Gasteiger partial charge on any atom is 0.215 e. The van der Waals surface area contributed by atoms with Gasteiger partial charge in [-0.15, -0.1) is 0 Å². The Labute approximate surface area is 130 Å². The van der Waals surface area contributed by atoms with Gasteiger partial charge < -0.3 is 16.4 Å². The molecule has 0 saturated heterocycles. The van der Waals surface area contributed by atoms with E-state index in [0.29, 0.717) is 17.1 Å². The minimum absolute atomic E-state index is 0.220. The van der Waals surface area contributed by atoms with E-state index in [0.717, 1.165) is 26.1 Å². The Hall–Kier alpha value is -2.47. The number of aromatic nitrogens is 2. The van der Waals surface area contributed by atoms with Gasteiger partial charge >= 0.3 is 0 Å². The summed E-state index contributed by atoms with van der Waals surface area (Å²) in [5.41, 5.74) is 6.47. The molecule has 0 spiro atoms. The molecule has 2 rings (SSSR count). The molecule has 2 heterocycles. The molecule has 6 nitrogen and oxygen atoms in total. The molecule has 0 aliphatic rings. The summed E-state index contributed by atoms with van der Waals surface area (Å²) in [6.07, 6.45) is 2.55. The van der Waals surface area contributed by atoms with Crippen molar-refractivity contribution < 1.29 is 4.79 Å². The molecular formula is C16H21N5O. The molecule has 6 heteroatoms. The van der Waals surface area contributed by atoms with E-state index in [1.807, 2.05) is 6.07 Å². The molecule has 4 N–H and O–H groups in total. The number of hydrogen-bond donors (Lipinski definition) is 3. The van der Waals surface area contributed by atoms with Crippen LogP contribution in [0.3, 0.4) is 0 Å². The van der Waals surface area contributed by atoms with Gasteiger partial charge in [-0.1, -0.05) is 13.0 Å². The Morgan fingerprint density at radius 2 is 2.09 bits per heavy atom. The first kappa shape index (κ1) is 15.9. The lowest BCUT2D eigenvalue weighted by atomic mass is 10.1. The van der Waals surface area contributed by atoms with Gasteiger partial charge in [0.15, 0.2) is 0 Å². The van der Waals surface area contributed by atoms with Crippen LogP contribution in [0.2, 0.25) is 0 Å². The van der Waals surface area contributed by atoms with E-state index >= 15 is 0 Å². The first-order chi connectivity index (χ1) is 10.7. The Morgan fingerprint density at radius 1 is 1.23 bits per heavy atom. The van der Waals surface area contributed by atoms with E-state index < -0.39 is 0 Å². The van der Waals surface area contributed by atoms with Crippen LogP contribution in [0.15, 0.2) is 36.5 Å². The largest absolute Gasteiger partial charge is 0.383 e. The van der Waals surface area contributed by atoms with E-state index in [1.54, 1.807) is 30.5 Å². The highest BCUT2D eigenvalue weighted by Crippen LogP contribution is 2.14. The van der Waals surface area contributed by atoms with Crippen LogP contribution in [0.1, 0.15) is 29.4 Å². The summed E-state index contributed by atoms with van der Waals surface area (Å²) in [6.45, 7) is 4.80. The van der Waals surface area contributed by atoms with Gasteiger partial charge in [0.1, 0.15) is 17.3 Å². The lowest BCUT2D eigenvalue weighted by molar-refractivity contribution is 0.103. The molecular weight excluding hydrogens is 278 g/mol. The summed E-state index contributed by atoms with van der Waals surface area (Å²) >= 11 is 0. The number of pyridine rings is 2. The van der Waals surface area contributed by atoms with Crippen molar-refractivity contribution >= 4 is 17.4 Å². The maximum absolute atomic E-state index is 12.4. The number of ketones is 1. The Bertz CT molecular complexity index is 629. The van der Waals surface area contributed by atoms with Gasteiger partial charge in [0, 0.05) is 12.7 Å². The predicted molar refractivity (Wildman–Crippen MR) is 88.0 cm³/mol. The van der Waals surface area contributed by atoms with E-state index in [4.69, 9.17) is 5.73 Å². The van der Waals surface area contributed by atoms with Crippen LogP contribution in [-0.2, 0) is 0 Å². The number of nitrogens with zero attached hydrogens (tertiary/aromatic N) is 2. The van der Waals surface area contributed by atoms with E-state index in [-0.39, 0.29) is 11.6 Å². The number of nitrogen functional groups attached to an aromatic ring is 1. The van der Waals surface area contributed by atoms with Crippen molar-refractivity contribution in [3.8, 4) is 0 Å². The number of carbonyl (C=O) groups is 1. The zero-order chi connectivity index (χ0) is 15.8. The highest BCUT2D eigenvalue weighted by Gasteiger charge is 2.14. The highest BCUT2D eigenvalue weighted by molar-refractivity contribution is 6.10. The van der Waals surface area contributed by atoms with E-state index in [1.165, 1.54) is 0 Å². The smallest absolute Gasteiger partial charge is 0.215 e. The van der Waals surface area contributed by atoms with Crippen molar-refractivity contribution in [1.82, 2.24) is 15.3 Å². The monoisotopic (exact) mass is 299 g/mol. The fourth-order valence-electron chi connectivity index (χ4n) is 2.01. The number of rotatable bonds is 8. The minimum atomic E-state index is -0.220. The topological polar surface area (TPSA) is 92.9 Å². The summed E-state index contributed by atoms with van der Waals surface area (Å²) in [5.74, 6) is 0.685. The molecule has 22 heavy (non-hydrogen) atoms. The van der Waals surface area contributed by atoms with Crippen molar-refractivity contribution in [3.05, 3.63) is 47.8 Å². The molecule has 116 valence electrons.